The van der Waals surface area contributed by atoms with Gasteiger partial charge >= 0.3 is 5.97 Å². The van der Waals surface area contributed by atoms with Gasteiger partial charge in [0.05, 0.1) is 5.92 Å². The third-order valence-corrected chi connectivity index (χ3v) is 4.26. The molecule has 0 spiro atoms. The van der Waals surface area contributed by atoms with Crippen molar-refractivity contribution in [3.8, 4) is 0 Å². The third kappa shape index (κ3) is 4.07. The van der Waals surface area contributed by atoms with Crippen molar-refractivity contribution in [2.75, 3.05) is 13.1 Å². The fourth-order valence-electron chi connectivity index (χ4n) is 2.42. The molecule has 20 heavy (non-hydrogen) atoms. The van der Waals surface area contributed by atoms with E-state index in [-0.39, 0.29) is 17.8 Å². The lowest BCUT2D eigenvalue weighted by Crippen LogP contribution is -2.42. The van der Waals surface area contributed by atoms with Crippen LogP contribution in [0.5, 0.6) is 0 Å². The molecular weight excluding hydrogens is 274 g/mol. The van der Waals surface area contributed by atoms with Gasteiger partial charge in [0.1, 0.15) is 6.61 Å². The molecule has 1 aromatic rings. The smallest absolute Gasteiger partial charge is 0.311 e. The van der Waals surface area contributed by atoms with Gasteiger partial charge in [-0.15, -0.1) is 0 Å². The Morgan fingerprint density at radius 1 is 1.50 bits per heavy atom. The molecule has 0 aromatic carbocycles. The summed E-state index contributed by atoms with van der Waals surface area (Å²) in [5.41, 5.74) is 1.03. The number of hydrogen-bond acceptors (Lipinski definition) is 4. The molecule has 0 radical (unpaired) electrons. The van der Waals surface area contributed by atoms with E-state index in [4.69, 9.17) is 4.74 Å². The van der Waals surface area contributed by atoms with E-state index >= 15 is 0 Å². The zero-order chi connectivity index (χ0) is 14.4. The highest BCUT2D eigenvalue weighted by molar-refractivity contribution is 7.07. The summed E-state index contributed by atoms with van der Waals surface area (Å²) >= 11 is 1.59. The fraction of sp³-hybridized carbons (Fsp3) is 0.600. The van der Waals surface area contributed by atoms with E-state index in [2.05, 4.69) is 0 Å². The molecule has 0 bridgehead atoms. The molecule has 1 amide bonds. The zero-order valence-electron chi connectivity index (χ0n) is 11.8. The second-order valence-corrected chi connectivity index (χ2v) is 5.95. The molecule has 1 unspecified atom stereocenters. The van der Waals surface area contributed by atoms with Crippen LogP contribution in [0.1, 0.15) is 38.2 Å². The van der Waals surface area contributed by atoms with Crippen LogP contribution in [0.3, 0.4) is 0 Å². The molecule has 2 heterocycles. The predicted molar refractivity (Wildman–Crippen MR) is 78.3 cm³/mol. The lowest BCUT2D eigenvalue weighted by molar-refractivity contribution is -0.153. The van der Waals surface area contributed by atoms with Crippen LogP contribution in [0.25, 0.3) is 0 Å². The monoisotopic (exact) mass is 295 g/mol. The van der Waals surface area contributed by atoms with Gasteiger partial charge in [0, 0.05) is 25.1 Å². The lowest BCUT2D eigenvalue weighted by Gasteiger charge is -2.31. The SMILES string of the molecule is CCCC(=O)N1CCCC(C(=O)OCc2ccsc2)C1. The van der Waals surface area contributed by atoms with Crippen molar-refractivity contribution in [2.24, 2.45) is 5.92 Å². The van der Waals surface area contributed by atoms with Crippen LogP contribution >= 0.6 is 11.3 Å². The molecule has 0 aliphatic carbocycles. The van der Waals surface area contributed by atoms with Crippen molar-refractivity contribution < 1.29 is 14.3 Å². The van der Waals surface area contributed by atoms with Crippen molar-refractivity contribution >= 4 is 23.2 Å². The molecule has 0 saturated carbocycles. The van der Waals surface area contributed by atoms with Gasteiger partial charge in [0.2, 0.25) is 5.91 Å². The van der Waals surface area contributed by atoms with Gasteiger partial charge in [-0.2, -0.15) is 11.3 Å². The Balaban J connectivity index is 1.81. The number of amides is 1. The molecule has 1 aromatic heterocycles. The van der Waals surface area contributed by atoms with Crippen LogP contribution in [0.2, 0.25) is 0 Å². The Morgan fingerprint density at radius 2 is 2.35 bits per heavy atom. The maximum atomic E-state index is 12.1. The van der Waals surface area contributed by atoms with E-state index < -0.39 is 0 Å². The van der Waals surface area contributed by atoms with E-state index in [1.165, 1.54) is 0 Å². The van der Waals surface area contributed by atoms with E-state index in [9.17, 15) is 9.59 Å². The summed E-state index contributed by atoms with van der Waals surface area (Å²) in [5.74, 6) is -0.184. The van der Waals surface area contributed by atoms with E-state index in [0.29, 0.717) is 19.6 Å². The molecule has 1 atom stereocenters. The van der Waals surface area contributed by atoms with Crippen molar-refractivity contribution in [2.45, 2.75) is 39.2 Å². The molecule has 0 N–H and O–H groups in total. The first-order valence-corrected chi connectivity index (χ1v) is 8.10. The molecule has 2 rings (SSSR count). The number of rotatable bonds is 5. The molecule has 110 valence electrons. The second-order valence-electron chi connectivity index (χ2n) is 5.17. The average molecular weight is 295 g/mol. The first kappa shape index (κ1) is 15.0. The molecule has 1 fully saturated rings. The lowest BCUT2D eigenvalue weighted by atomic mass is 9.98. The van der Waals surface area contributed by atoms with Crippen molar-refractivity contribution in [3.05, 3.63) is 22.4 Å². The number of carbonyl (C=O) groups excluding carboxylic acids is 2. The summed E-state index contributed by atoms with van der Waals surface area (Å²) in [6.07, 6.45) is 3.12. The highest BCUT2D eigenvalue weighted by Gasteiger charge is 2.29. The number of nitrogens with zero attached hydrogens (tertiary/aromatic N) is 1. The molecular formula is C15H21NO3S. The third-order valence-electron chi connectivity index (χ3n) is 3.53. The average Bonchev–Trinajstić information content (AvgIpc) is 2.98. The van der Waals surface area contributed by atoms with E-state index in [1.54, 1.807) is 11.3 Å². The standard InChI is InChI=1S/C15H21NO3S/c1-2-4-14(17)16-7-3-5-13(9-16)15(18)19-10-12-6-8-20-11-12/h6,8,11,13H,2-5,7,9-10H2,1H3. The Morgan fingerprint density at radius 3 is 3.05 bits per heavy atom. The number of esters is 1. The van der Waals surface area contributed by atoms with Gasteiger partial charge in [-0.05, 0) is 36.1 Å². The Kier molecular flexibility index (Phi) is 5.59. The second kappa shape index (κ2) is 7.43. The Bertz CT molecular complexity index is 444. The summed E-state index contributed by atoms with van der Waals surface area (Å²) in [6, 6.07) is 1.95. The van der Waals surface area contributed by atoms with Gasteiger partial charge in [-0.25, -0.2) is 0 Å². The molecule has 1 aliphatic rings. The predicted octanol–water partition coefficient (Wildman–Crippen LogP) is 2.83. The van der Waals surface area contributed by atoms with Crippen molar-refractivity contribution in [1.82, 2.24) is 4.90 Å². The Labute approximate surface area is 123 Å². The van der Waals surface area contributed by atoms with E-state index in [0.717, 1.165) is 31.4 Å². The van der Waals surface area contributed by atoms with Crippen LogP contribution in [0, 0.1) is 5.92 Å². The first-order chi connectivity index (χ1) is 9.70. The van der Waals surface area contributed by atoms with Gasteiger partial charge in [-0.1, -0.05) is 6.92 Å². The fourth-order valence-corrected chi connectivity index (χ4v) is 3.07. The molecule has 5 heteroatoms. The minimum Gasteiger partial charge on any atom is -0.461 e. The van der Waals surface area contributed by atoms with Crippen LogP contribution < -0.4 is 0 Å². The number of ether oxygens (including phenoxy) is 1. The largest absolute Gasteiger partial charge is 0.461 e. The van der Waals surface area contributed by atoms with Gasteiger partial charge in [0.25, 0.3) is 0 Å². The minimum atomic E-state index is -0.176. The summed E-state index contributed by atoms with van der Waals surface area (Å²) in [6.45, 7) is 3.62. The quantitative estimate of drug-likeness (QED) is 0.785. The number of hydrogen-bond donors (Lipinski definition) is 0. The number of likely N-dealkylation sites (tertiary alicyclic amines) is 1. The maximum Gasteiger partial charge on any atom is 0.311 e. The summed E-state index contributed by atoms with van der Waals surface area (Å²) < 4.78 is 5.34. The molecule has 1 aliphatic heterocycles. The molecule has 1 saturated heterocycles. The van der Waals surface area contributed by atoms with Crippen LogP contribution in [-0.2, 0) is 20.9 Å². The minimum absolute atomic E-state index is 0.155. The topological polar surface area (TPSA) is 46.6 Å². The van der Waals surface area contributed by atoms with E-state index in [1.807, 2.05) is 28.7 Å². The van der Waals surface area contributed by atoms with Gasteiger partial charge < -0.3 is 9.64 Å². The van der Waals surface area contributed by atoms with Gasteiger partial charge in [-0.3, -0.25) is 9.59 Å². The van der Waals surface area contributed by atoms with Crippen LogP contribution in [0.4, 0.5) is 0 Å². The Hall–Kier alpha value is -1.36. The summed E-state index contributed by atoms with van der Waals surface area (Å²) in [5, 5.41) is 3.94. The van der Waals surface area contributed by atoms with Crippen LogP contribution in [0.15, 0.2) is 16.8 Å². The maximum absolute atomic E-state index is 12.1. The number of thiophene rings is 1. The van der Waals surface area contributed by atoms with Crippen molar-refractivity contribution in [3.63, 3.8) is 0 Å². The molecule has 4 nitrogen and oxygen atoms in total. The number of carbonyl (C=O) groups is 2. The summed E-state index contributed by atoms with van der Waals surface area (Å²) in [7, 11) is 0. The van der Waals surface area contributed by atoms with Crippen LogP contribution in [-0.4, -0.2) is 29.9 Å². The first-order valence-electron chi connectivity index (χ1n) is 7.16. The van der Waals surface area contributed by atoms with Crippen molar-refractivity contribution in [1.29, 1.82) is 0 Å². The highest BCUT2D eigenvalue weighted by Crippen LogP contribution is 2.19. The normalized spacial score (nSPS) is 18.9. The van der Waals surface area contributed by atoms with Gasteiger partial charge in [0.15, 0.2) is 0 Å². The zero-order valence-corrected chi connectivity index (χ0v) is 12.7. The highest BCUT2D eigenvalue weighted by atomic mass is 32.1. The number of piperidine rings is 1. The summed E-state index contributed by atoms with van der Waals surface area (Å²) in [4.78, 5) is 25.8.